The molecule has 1 unspecified atom stereocenters. The Balaban J connectivity index is 2.09. The molecule has 0 radical (unpaired) electrons. The third kappa shape index (κ3) is 5.53. The number of benzene rings is 1. The van der Waals surface area contributed by atoms with E-state index in [0.29, 0.717) is 38.4 Å². The first-order valence-corrected chi connectivity index (χ1v) is 9.24. The van der Waals surface area contributed by atoms with Crippen LogP contribution >= 0.6 is 0 Å². The number of amides is 2. The standard InChI is InChI=1S/C20H30FN3O2/c1-15(2)18-14-23(11-9-19(25)22(3)4)12-10-20(26)24(18)13-16-5-7-17(21)8-6-16/h5-8,15,18H,9-14H2,1-4H3. The van der Waals surface area contributed by atoms with E-state index in [1.54, 1.807) is 31.1 Å². The molecule has 1 aromatic carbocycles. The van der Waals surface area contributed by atoms with Crippen molar-refractivity contribution in [2.45, 2.75) is 39.3 Å². The lowest BCUT2D eigenvalue weighted by atomic mass is 10.0. The van der Waals surface area contributed by atoms with Crippen molar-refractivity contribution in [3.63, 3.8) is 0 Å². The molecular weight excluding hydrogens is 333 g/mol. The minimum Gasteiger partial charge on any atom is -0.349 e. The van der Waals surface area contributed by atoms with Crippen molar-refractivity contribution in [2.24, 2.45) is 5.92 Å². The van der Waals surface area contributed by atoms with Gasteiger partial charge in [0.05, 0.1) is 0 Å². The largest absolute Gasteiger partial charge is 0.349 e. The van der Waals surface area contributed by atoms with Crippen LogP contribution in [-0.2, 0) is 16.1 Å². The molecular formula is C20H30FN3O2. The van der Waals surface area contributed by atoms with E-state index in [9.17, 15) is 14.0 Å². The summed E-state index contributed by atoms with van der Waals surface area (Å²) in [7, 11) is 3.52. The summed E-state index contributed by atoms with van der Waals surface area (Å²) in [5.74, 6) is 0.247. The molecule has 1 aliphatic heterocycles. The number of hydrogen-bond acceptors (Lipinski definition) is 3. The molecule has 0 bridgehead atoms. The quantitative estimate of drug-likeness (QED) is 0.779. The average Bonchev–Trinajstić information content (AvgIpc) is 2.74. The third-order valence-electron chi connectivity index (χ3n) is 4.98. The van der Waals surface area contributed by atoms with Gasteiger partial charge in [-0.3, -0.25) is 9.59 Å². The lowest BCUT2D eigenvalue weighted by molar-refractivity contribution is -0.134. The van der Waals surface area contributed by atoms with Crippen LogP contribution in [0, 0.1) is 11.7 Å². The molecule has 0 aromatic heterocycles. The van der Waals surface area contributed by atoms with Crippen molar-refractivity contribution in [1.29, 1.82) is 0 Å². The molecule has 1 saturated heterocycles. The fourth-order valence-corrected chi connectivity index (χ4v) is 3.28. The van der Waals surface area contributed by atoms with Crippen molar-refractivity contribution >= 4 is 11.8 Å². The van der Waals surface area contributed by atoms with E-state index in [1.807, 2.05) is 4.90 Å². The van der Waals surface area contributed by atoms with Gasteiger partial charge in [-0.1, -0.05) is 26.0 Å². The van der Waals surface area contributed by atoms with Crippen molar-refractivity contribution < 1.29 is 14.0 Å². The van der Waals surface area contributed by atoms with Gasteiger partial charge in [0.2, 0.25) is 11.8 Å². The van der Waals surface area contributed by atoms with Gasteiger partial charge < -0.3 is 14.7 Å². The van der Waals surface area contributed by atoms with Crippen LogP contribution in [0.1, 0.15) is 32.3 Å². The number of carbonyl (C=O) groups is 2. The Morgan fingerprint density at radius 2 is 1.92 bits per heavy atom. The molecule has 144 valence electrons. The fraction of sp³-hybridized carbons (Fsp3) is 0.600. The van der Waals surface area contributed by atoms with Crippen LogP contribution < -0.4 is 0 Å². The number of hydrogen-bond donors (Lipinski definition) is 0. The number of carbonyl (C=O) groups excluding carboxylic acids is 2. The zero-order valence-electron chi connectivity index (χ0n) is 16.2. The van der Waals surface area contributed by atoms with E-state index < -0.39 is 0 Å². The second kappa shape index (κ2) is 9.12. The Bertz CT molecular complexity index is 616. The number of halogens is 1. The molecule has 1 aliphatic rings. The van der Waals surface area contributed by atoms with Gasteiger partial charge in [0, 0.05) is 59.2 Å². The highest BCUT2D eigenvalue weighted by atomic mass is 19.1. The Morgan fingerprint density at radius 1 is 1.27 bits per heavy atom. The maximum absolute atomic E-state index is 13.2. The van der Waals surface area contributed by atoms with E-state index in [-0.39, 0.29) is 23.7 Å². The molecule has 26 heavy (non-hydrogen) atoms. The maximum Gasteiger partial charge on any atom is 0.224 e. The highest BCUT2D eigenvalue weighted by Crippen LogP contribution is 2.21. The van der Waals surface area contributed by atoms with Crippen molar-refractivity contribution in [3.8, 4) is 0 Å². The summed E-state index contributed by atoms with van der Waals surface area (Å²) in [6, 6.07) is 6.41. The summed E-state index contributed by atoms with van der Waals surface area (Å²) in [5.41, 5.74) is 0.932. The van der Waals surface area contributed by atoms with Crippen molar-refractivity contribution in [1.82, 2.24) is 14.7 Å². The maximum atomic E-state index is 13.2. The van der Waals surface area contributed by atoms with Crippen LogP contribution in [-0.4, -0.2) is 66.3 Å². The molecule has 1 fully saturated rings. The number of rotatable bonds is 6. The minimum absolute atomic E-state index is 0.0736. The van der Waals surface area contributed by atoms with Gasteiger partial charge in [0.25, 0.3) is 0 Å². The summed E-state index contributed by atoms with van der Waals surface area (Å²) < 4.78 is 13.2. The van der Waals surface area contributed by atoms with Gasteiger partial charge in [0.1, 0.15) is 5.82 Å². The summed E-state index contributed by atoms with van der Waals surface area (Å²) in [6.45, 7) is 6.81. The molecule has 1 aromatic rings. The molecule has 0 saturated carbocycles. The van der Waals surface area contributed by atoms with E-state index >= 15 is 0 Å². The summed E-state index contributed by atoms with van der Waals surface area (Å²) >= 11 is 0. The first-order valence-electron chi connectivity index (χ1n) is 9.24. The van der Waals surface area contributed by atoms with Gasteiger partial charge in [0.15, 0.2) is 0 Å². The van der Waals surface area contributed by atoms with E-state index in [2.05, 4.69) is 18.7 Å². The lowest BCUT2D eigenvalue weighted by Gasteiger charge is -2.35. The molecule has 1 heterocycles. The first kappa shape index (κ1) is 20.4. The Labute approximate surface area is 155 Å². The zero-order chi connectivity index (χ0) is 19.3. The SMILES string of the molecule is CC(C)C1CN(CCC(=O)N(C)C)CCC(=O)N1Cc1ccc(F)cc1. The third-order valence-corrected chi connectivity index (χ3v) is 4.98. The van der Waals surface area contributed by atoms with Gasteiger partial charge in [-0.05, 0) is 23.6 Å². The molecule has 0 N–H and O–H groups in total. The molecule has 5 nitrogen and oxygen atoms in total. The minimum atomic E-state index is -0.270. The Morgan fingerprint density at radius 3 is 2.50 bits per heavy atom. The molecule has 0 spiro atoms. The van der Waals surface area contributed by atoms with E-state index in [4.69, 9.17) is 0 Å². The summed E-state index contributed by atoms with van der Waals surface area (Å²) in [4.78, 5) is 30.4. The van der Waals surface area contributed by atoms with Crippen LogP contribution in [0.15, 0.2) is 24.3 Å². The van der Waals surface area contributed by atoms with Crippen LogP contribution in [0.3, 0.4) is 0 Å². The van der Waals surface area contributed by atoms with Crippen LogP contribution in [0.2, 0.25) is 0 Å². The Kier molecular flexibility index (Phi) is 7.14. The van der Waals surface area contributed by atoms with Crippen molar-refractivity contribution in [3.05, 3.63) is 35.6 Å². The summed E-state index contributed by atoms with van der Waals surface area (Å²) in [6.07, 6.45) is 0.907. The normalized spacial score (nSPS) is 18.9. The topological polar surface area (TPSA) is 43.9 Å². The van der Waals surface area contributed by atoms with Crippen molar-refractivity contribution in [2.75, 3.05) is 33.7 Å². The van der Waals surface area contributed by atoms with Gasteiger partial charge in [-0.15, -0.1) is 0 Å². The highest BCUT2D eigenvalue weighted by Gasteiger charge is 2.31. The van der Waals surface area contributed by atoms with Gasteiger partial charge >= 0.3 is 0 Å². The first-order chi connectivity index (χ1) is 12.3. The lowest BCUT2D eigenvalue weighted by Crippen LogP contribution is -2.46. The highest BCUT2D eigenvalue weighted by molar-refractivity contribution is 5.77. The van der Waals surface area contributed by atoms with Crippen LogP contribution in [0.5, 0.6) is 0 Å². The Hall–Kier alpha value is -1.95. The van der Waals surface area contributed by atoms with Gasteiger partial charge in [-0.25, -0.2) is 4.39 Å². The molecule has 2 rings (SSSR count). The second-order valence-corrected chi connectivity index (χ2v) is 7.55. The zero-order valence-corrected chi connectivity index (χ0v) is 16.2. The fourth-order valence-electron chi connectivity index (χ4n) is 3.28. The van der Waals surface area contributed by atoms with Gasteiger partial charge in [-0.2, -0.15) is 0 Å². The monoisotopic (exact) mass is 363 g/mol. The molecule has 6 heteroatoms. The number of nitrogens with zero attached hydrogens (tertiary/aromatic N) is 3. The van der Waals surface area contributed by atoms with Crippen LogP contribution in [0.4, 0.5) is 4.39 Å². The predicted octanol–water partition coefficient (Wildman–Crippen LogP) is 2.36. The van der Waals surface area contributed by atoms with Crippen LogP contribution in [0.25, 0.3) is 0 Å². The summed E-state index contributed by atoms with van der Waals surface area (Å²) in [5, 5.41) is 0. The smallest absolute Gasteiger partial charge is 0.224 e. The average molecular weight is 363 g/mol. The molecule has 0 aliphatic carbocycles. The van der Waals surface area contributed by atoms with E-state index in [1.165, 1.54) is 12.1 Å². The van der Waals surface area contributed by atoms with E-state index in [0.717, 1.165) is 12.1 Å². The predicted molar refractivity (Wildman–Crippen MR) is 99.9 cm³/mol. The second-order valence-electron chi connectivity index (χ2n) is 7.55. The molecule has 1 atom stereocenters. The molecule has 2 amide bonds.